The lowest BCUT2D eigenvalue weighted by Gasteiger charge is -2.20. The van der Waals surface area contributed by atoms with Crippen molar-refractivity contribution in [2.24, 2.45) is 0 Å². The molecule has 0 saturated carbocycles. The first-order valence-electron chi connectivity index (χ1n) is 8.58. The number of esters is 1. The standard InChI is InChI=1S/C22H23NO2/c1-16(24)25-14-13-22(23-2)21-10-6-5-9-20(21)19-12-11-17-7-3-4-8-18(17)15-19/h3-12,15,22-23H,13-14H2,1-2H3. The van der Waals surface area contributed by atoms with Crippen LogP contribution in [0.3, 0.4) is 0 Å². The maximum Gasteiger partial charge on any atom is 0.302 e. The Morgan fingerprint density at radius 1 is 1.00 bits per heavy atom. The Hall–Kier alpha value is -2.65. The fraction of sp³-hybridized carbons (Fsp3) is 0.227. The molecule has 0 heterocycles. The van der Waals surface area contributed by atoms with Crippen molar-refractivity contribution in [2.45, 2.75) is 19.4 Å². The molecule has 0 radical (unpaired) electrons. The quantitative estimate of drug-likeness (QED) is 0.663. The van der Waals surface area contributed by atoms with Crippen molar-refractivity contribution in [3.63, 3.8) is 0 Å². The minimum absolute atomic E-state index is 0.127. The fourth-order valence-electron chi connectivity index (χ4n) is 3.20. The van der Waals surface area contributed by atoms with Crippen LogP contribution in [0, 0.1) is 0 Å². The van der Waals surface area contributed by atoms with Gasteiger partial charge in [-0.2, -0.15) is 0 Å². The van der Waals surface area contributed by atoms with Crippen molar-refractivity contribution in [2.75, 3.05) is 13.7 Å². The molecule has 0 bridgehead atoms. The molecule has 25 heavy (non-hydrogen) atoms. The molecule has 3 heteroatoms. The smallest absolute Gasteiger partial charge is 0.302 e. The number of carbonyl (C=O) groups excluding carboxylic acids is 1. The summed E-state index contributed by atoms with van der Waals surface area (Å²) >= 11 is 0. The van der Waals surface area contributed by atoms with E-state index in [9.17, 15) is 4.79 Å². The monoisotopic (exact) mass is 333 g/mol. The van der Waals surface area contributed by atoms with Crippen molar-refractivity contribution in [3.8, 4) is 11.1 Å². The lowest BCUT2D eigenvalue weighted by Crippen LogP contribution is -2.19. The Labute approximate surface area is 148 Å². The van der Waals surface area contributed by atoms with Gasteiger partial charge < -0.3 is 10.1 Å². The molecule has 1 N–H and O–H groups in total. The van der Waals surface area contributed by atoms with E-state index >= 15 is 0 Å². The van der Waals surface area contributed by atoms with Gasteiger partial charge in [0.2, 0.25) is 0 Å². The van der Waals surface area contributed by atoms with Crippen LogP contribution in [0.1, 0.15) is 24.9 Å². The van der Waals surface area contributed by atoms with Crippen LogP contribution in [0.25, 0.3) is 21.9 Å². The predicted octanol–water partition coefficient (Wildman–Crippen LogP) is 4.72. The highest BCUT2D eigenvalue weighted by Crippen LogP contribution is 2.31. The SMILES string of the molecule is CNC(CCOC(C)=O)c1ccccc1-c1ccc2ccccc2c1. The van der Waals surface area contributed by atoms with Gasteiger partial charge in [0.25, 0.3) is 0 Å². The predicted molar refractivity (Wildman–Crippen MR) is 102 cm³/mol. The van der Waals surface area contributed by atoms with Crippen LogP contribution in [0.2, 0.25) is 0 Å². The average Bonchev–Trinajstić information content (AvgIpc) is 2.65. The minimum atomic E-state index is -0.238. The van der Waals surface area contributed by atoms with Crippen LogP contribution in [-0.4, -0.2) is 19.6 Å². The van der Waals surface area contributed by atoms with Crippen molar-refractivity contribution >= 4 is 16.7 Å². The van der Waals surface area contributed by atoms with Crippen LogP contribution in [0.4, 0.5) is 0 Å². The molecule has 0 fully saturated rings. The van der Waals surface area contributed by atoms with Crippen LogP contribution in [-0.2, 0) is 9.53 Å². The number of carbonyl (C=O) groups is 1. The molecule has 0 aliphatic rings. The largest absolute Gasteiger partial charge is 0.466 e. The first kappa shape index (κ1) is 17.2. The van der Waals surface area contributed by atoms with Crippen molar-refractivity contribution in [1.82, 2.24) is 5.32 Å². The van der Waals surface area contributed by atoms with Gasteiger partial charge in [0.15, 0.2) is 0 Å². The summed E-state index contributed by atoms with van der Waals surface area (Å²) < 4.78 is 5.12. The number of hydrogen-bond donors (Lipinski definition) is 1. The van der Waals surface area contributed by atoms with Crippen LogP contribution in [0.15, 0.2) is 66.7 Å². The van der Waals surface area contributed by atoms with E-state index in [0.29, 0.717) is 6.61 Å². The van der Waals surface area contributed by atoms with Crippen molar-refractivity contribution in [1.29, 1.82) is 0 Å². The Balaban J connectivity index is 1.94. The van der Waals surface area contributed by atoms with Gasteiger partial charge in [-0.25, -0.2) is 0 Å². The summed E-state index contributed by atoms with van der Waals surface area (Å²) in [6.07, 6.45) is 0.737. The maximum atomic E-state index is 11.0. The number of rotatable bonds is 6. The Kier molecular flexibility index (Phi) is 5.46. The van der Waals surface area contributed by atoms with Gasteiger partial charge in [-0.15, -0.1) is 0 Å². The Morgan fingerprint density at radius 2 is 1.72 bits per heavy atom. The molecule has 0 aliphatic carbocycles. The van der Waals surface area contributed by atoms with Gasteiger partial charge in [-0.3, -0.25) is 4.79 Å². The van der Waals surface area contributed by atoms with Gasteiger partial charge >= 0.3 is 5.97 Å². The molecule has 0 aromatic heterocycles. The summed E-state index contributed by atoms with van der Waals surface area (Å²) in [6, 6.07) is 23.5. The molecule has 3 aromatic carbocycles. The summed E-state index contributed by atoms with van der Waals surface area (Å²) in [7, 11) is 1.94. The molecule has 0 saturated heterocycles. The van der Waals surface area contributed by atoms with Gasteiger partial charge in [0.1, 0.15) is 0 Å². The average molecular weight is 333 g/mol. The van der Waals surface area contributed by atoms with E-state index in [4.69, 9.17) is 4.74 Å². The second-order valence-electron chi connectivity index (χ2n) is 6.12. The minimum Gasteiger partial charge on any atom is -0.466 e. The van der Waals surface area contributed by atoms with Gasteiger partial charge in [0.05, 0.1) is 6.61 Å². The zero-order chi connectivity index (χ0) is 17.6. The van der Waals surface area contributed by atoms with E-state index in [1.807, 2.05) is 7.05 Å². The lowest BCUT2D eigenvalue weighted by atomic mass is 9.92. The summed E-state index contributed by atoms with van der Waals surface area (Å²) in [5.74, 6) is -0.238. The van der Waals surface area contributed by atoms with Gasteiger partial charge in [-0.1, -0.05) is 60.7 Å². The molecule has 1 atom stereocenters. The number of nitrogens with one attached hydrogen (secondary N) is 1. The second-order valence-corrected chi connectivity index (χ2v) is 6.12. The summed E-state index contributed by atoms with van der Waals surface area (Å²) in [5.41, 5.74) is 3.62. The van der Waals surface area contributed by atoms with E-state index < -0.39 is 0 Å². The first-order chi connectivity index (χ1) is 12.2. The third-order valence-electron chi connectivity index (χ3n) is 4.46. The molecular formula is C22H23NO2. The third-order valence-corrected chi connectivity index (χ3v) is 4.46. The van der Waals surface area contributed by atoms with E-state index in [1.165, 1.54) is 34.4 Å². The summed E-state index contributed by atoms with van der Waals surface area (Å²) in [6.45, 7) is 1.85. The zero-order valence-electron chi connectivity index (χ0n) is 14.7. The van der Waals surface area contributed by atoms with Gasteiger partial charge in [-0.05, 0) is 40.6 Å². The number of ether oxygens (including phenoxy) is 1. The number of benzene rings is 3. The molecule has 3 aromatic rings. The highest BCUT2D eigenvalue weighted by Gasteiger charge is 2.15. The molecular weight excluding hydrogens is 310 g/mol. The van der Waals surface area contributed by atoms with Crippen LogP contribution < -0.4 is 5.32 Å². The molecule has 3 nitrogen and oxygen atoms in total. The Bertz CT molecular complexity index is 873. The van der Waals surface area contributed by atoms with Gasteiger partial charge in [0, 0.05) is 19.4 Å². The van der Waals surface area contributed by atoms with Crippen molar-refractivity contribution < 1.29 is 9.53 Å². The molecule has 3 rings (SSSR count). The zero-order valence-corrected chi connectivity index (χ0v) is 14.7. The fourth-order valence-corrected chi connectivity index (χ4v) is 3.20. The molecule has 1 unspecified atom stereocenters. The van der Waals surface area contributed by atoms with E-state index in [0.717, 1.165) is 6.42 Å². The normalized spacial score (nSPS) is 12.1. The highest BCUT2D eigenvalue weighted by atomic mass is 16.5. The Morgan fingerprint density at radius 3 is 2.48 bits per heavy atom. The van der Waals surface area contributed by atoms with E-state index in [1.54, 1.807) is 0 Å². The third kappa shape index (κ3) is 4.06. The maximum absolute atomic E-state index is 11.0. The molecule has 0 aliphatic heterocycles. The van der Waals surface area contributed by atoms with E-state index in [2.05, 4.69) is 72.0 Å². The summed E-state index contributed by atoms with van der Waals surface area (Å²) in [4.78, 5) is 11.0. The molecule has 0 spiro atoms. The number of fused-ring (bicyclic) bond motifs is 1. The van der Waals surface area contributed by atoms with Crippen LogP contribution in [0.5, 0.6) is 0 Å². The van der Waals surface area contributed by atoms with E-state index in [-0.39, 0.29) is 12.0 Å². The molecule has 128 valence electrons. The lowest BCUT2D eigenvalue weighted by molar-refractivity contribution is -0.141. The topological polar surface area (TPSA) is 38.3 Å². The molecule has 0 amide bonds. The van der Waals surface area contributed by atoms with Crippen LogP contribution >= 0.6 is 0 Å². The van der Waals surface area contributed by atoms with Crippen molar-refractivity contribution in [3.05, 3.63) is 72.3 Å². The summed E-state index contributed by atoms with van der Waals surface area (Å²) in [5, 5.41) is 5.82. The second kappa shape index (κ2) is 7.95. The highest BCUT2D eigenvalue weighted by molar-refractivity contribution is 5.87. The first-order valence-corrected chi connectivity index (χ1v) is 8.58. The number of hydrogen-bond acceptors (Lipinski definition) is 3.